The van der Waals surface area contributed by atoms with Crippen molar-refractivity contribution >= 4 is 5.69 Å². The molecule has 0 bridgehead atoms. The van der Waals surface area contributed by atoms with Crippen LogP contribution in [0.15, 0.2) is 18.3 Å². The fraction of sp³-hybridized carbons (Fsp3) is 0.545. The summed E-state index contributed by atoms with van der Waals surface area (Å²) in [6.45, 7) is 4.19. The van der Waals surface area contributed by atoms with Crippen LogP contribution in [0.25, 0.3) is 0 Å². The summed E-state index contributed by atoms with van der Waals surface area (Å²) in [5.74, 6) is 0. The number of aromatic nitrogens is 1. The van der Waals surface area contributed by atoms with Crippen molar-refractivity contribution in [1.82, 2.24) is 10.3 Å². The van der Waals surface area contributed by atoms with Crippen molar-refractivity contribution in [3.8, 4) is 0 Å². The highest BCUT2D eigenvalue weighted by molar-refractivity contribution is 5.44. The van der Waals surface area contributed by atoms with E-state index >= 15 is 0 Å². The molecule has 3 nitrogen and oxygen atoms in total. The molecule has 1 heterocycles. The molecular weight excluding hydrogens is 231 g/mol. The average molecular weight is 247 g/mol. The number of nitrogens with one attached hydrogen (secondary N) is 1. The van der Waals surface area contributed by atoms with Gasteiger partial charge in [-0.25, -0.2) is 4.98 Å². The molecule has 0 aliphatic heterocycles. The Morgan fingerprint density at radius 3 is 2.47 bits per heavy atom. The standard InChI is InChI=1S/C11H16F3N3/c1-3-17(7-6-15-2)9-4-5-10(16-8-9)11(12,13)14/h4-5,8,15H,3,6-7H2,1-2H3. The van der Waals surface area contributed by atoms with Crippen molar-refractivity contribution in [2.24, 2.45) is 0 Å². The molecule has 6 heteroatoms. The Hall–Kier alpha value is -1.30. The van der Waals surface area contributed by atoms with Crippen molar-refractivity contribution in [2.45, 2.75) is 13.1 Å². The lowest BCUT2D eigenvalue weighted by molar-refractivity contribution is -0.141. The highest BCUT2D eigenvalue weighted by Gasteiger charge is 2.32. The van der Waals surface area contributed by atoms with Crippen LogP contribution >= 0.6 is 0 Å². The highest BCUT2D eigenvalue weighted by atomic mass is 19.4. The molecule has 0 amide bonds. The Balaban J connectivity index is 2.78. The minimum atomic E-state index is -4.37. The van der Waals surface area contributed by atoms with Crippen molar-refractivity contribution < 1.29 is 13.2 Å². The van der Waals surface area contributed by atoms with E-state index in [-0.39, 0.29) is 0 Å². The number of hydrogen-bond acceptors (Lipinski definition) is 3. The third-order valence-corrected chi connectivity index (χ3v) is 2.42. The first-order chi connectivity index (χ1) is 7.99. The molecule has 0 aliphatic rings. The Kier molecular flexibility index (Phi) is 4.74. The van der Waals surface area contributed by atoms with Crippen molar-refractivity contribution in [1.29, 1.82) is 0 Å². The molecule has 0 unspecified atom stereocenters. The first kappa shape index (κ1) is 13.8. The van der Waals surface area contributed by atoms with Gasteiger partial charge in [-0.05, 0) is 26.1 Å². The number of likely N-dealkylation sites (N-methyl/N-ethyl adjacent to an activating group) is 2. The van der Waals surface area contributed by atoms with E-state index in [2.05, 4.69) is 10.3 Å². The van der Waals surface area contributed by atoms with E-state index in [1.54, 1.807) is 0 Å². The van der Waals surface area contributed by atoms with Crippen LogP contribution < -0.4 is 10.2 Å². The SMILES string of the molecule is CCN(CCNC)c1ccc(C(F)(F)F)nc1. The first-order valence-electron chi connectivity index (χ1n) is 5.41. The largest absolute Gasteiger partial charge is 0.433 e. The van der Waals surface area contributed by atoms with Gasteiger partial charge in [-0.1, -0.05) is 0 Å². The van der Waals surface area contributed by atoms with Crippen molar-refractivity contribution in [3.05, 3.63) is 24.0 Å². The number of rotatable bonds is 5. The van der Waals surface area contributed by atoms with E-state index in [1.807, 2.05) is 18.9 Å². The predicted octanol–water partition coefficient (Wildman–Crippen LogP) is 2.15. The zero-order valence-electron chi connectivity index (χ0n) is 9.88. The fourth-order valence-electron chi connectivity index (χ4n) is 1.46. The molecule has 0 spiro atoms. The Labute approximate surface area is 98.6 Å². The third-order valence-electron chi connectivity index (χ3n) is 2.42. The maximum atomic E-state index is 12.3. The van der Waals surface area contributed by atoms with Gasteiger partial charge in [0, 0.05) is 19.6 Å². The molecule has 96 valence electrons. The second kappa shape index (κ2) is 5.86. The third kappa shape index (κ3) is 3.89. The molecule has 0 aliphatic carbocycles. The van der Waals surface area contributed by atoms with Gasteiger partial charge in [0.05, 0.1) is 11.9 Å². The molecule has 17 heavy (non-hydrogen) atoms. The molecular formula is C11H16F3N3. The van der Waals surface area contributed by atoms with Crippen molar-refractivity contribution in [2.75, 3.05) is 31.6 Å². The van der Waals surface area contributed by atoms with Gasteiger partial charge >= 0.3 is 6.18 Å². The van der Waals surface area contributed by atoms with E-state index in [0.29, 0.717) is 5.69 Å². The van der Waals surface area contributed by atoms with Crippen LogP contribution in [0.3, 0.4) is 0 Å². The van der Waals surface area contributed by atoms with Crippen LogP contribution in [0.5, 0.6) is 0 Å². The number of anilines is 1. The molecule has 0 saturated heterocycles. The van der Waals surface area contributed by atoms with Gasteiger partial charge < -0.3 is 10.2 Å². The predicted molar refractivity (Wildman–Crippen MR) is 61.1 cm³/mol. The Morgan fingerprint density at radius 1 is 1.35 bits per heavy atom. The topological polar surface area (TPSA) is 28.2 Å². The van der Waals surface area contributed by atoms with Crippen LogP contribution in [0.2, 0.25) is 0 Å². The molecule has 0 atom stereocenters. The minimum Gasteiger partial charge on any atom is -0.369 e. The van der Waals surface area contributed by atoms with E-state index in [9.17, 15) is 13.2 Å². The van der Waals surface area contributed by atoms with Gasteiger partial charge in [-0.3, -0.25) is 0 Å². The van der Waals surface area contributed by atoms with Gasteiger partial charge in [0.15, 0.2) is 0 Å². The number of hydrogen-bond donors (Lipinski definition) is 1. The number of halogens is 3. The average Bonchev–Trinajstić information content (AvgIpc) is 2.29. The van der Waals surface area contributed by atoms with Crippen LogP contribution in [0.4, 0.5) is 18.9 Å². The number of nitrogens with zero attached hydrogens (tertiary/aromatic N) is 2. The molecule has 0 radical (unpaired) electrons. The summed E-state index contributed by atoms with van der Waals surface area (Å²) in [6.07, 6.45) is -3.11. The summed E-state index contributed by atoms with van der Waals surface area (Å²) < 4.78 is 37.0. The second-order valence-corrected chi connectivity index (χ2v) is 3.58. The van der Waals surface area contributed by atoms with Gasteiger partial charge in [-0.2, -0.15) is 13.2 Å². The normalized spacial score (nSPS) is 11.6. The lowest BCUT2D eigenvalue weighted by Gasteiger charge is -2.22. The summed E-state index contributed by atoms with van der Waals surface area (Å²) in [7, 11) is 1.83. The first-order valence-corrected chi connectivity index (χ1v) is 5.41. The van der Waals surface area contributed by atoms with E-state index in [0.717, 1.165) is 25.7 Å². The Bertz CT molecular complexity index is 335. The molecule has 0 fully saturated rings. The lowest BCUT2D eigenvalue weighted by atomic mass is 10.3. The minimum absolute atomic E-state index is 0.704. The van der Waals surface area contributed by atoms with Crippen LogP contribution in [0, 0.1) is 0 Å². The van der Waals surface area contributed by atoms with E-state index in [4.69, 9.17) is 0 Å². The van der Waals surface area contributed by atoms with Gasteiger partial charge in [-0.15, -0.1) is 0 Å². The monoisotopic (exact) mass is 247 g/mol. The van der Waals surface area contributed by atoms with E-state index < -0.39 is 11.9 Å². The number of alkyl halides is 3. The summed E-state index contributed by atoms with van der Waals surface area (Å²) in [5.41, 5.74) is -0.151. The van der Waals surface area contributed by atoms with Crippen LogP contribution in [-0.4, -0.2) is 31.7 Å². The second-order valence-electron chi connectivity index (χ2n) is 3.58. The van der Waals surface area contributed by atoms with Gasteiger partial charge in [0.25, 0.3) is 0 Å². The molecule has 0 saturated carbocycles. The molecule has 0 aromatic carbocycles. The smallest absolute Gasteiger partial charge is 0.369 e. The summed E-state index contributed by atoms with van der Waals surface area (Å²) in [5, 5.41) is 3.00. The lowest BCUT2D eigenvalue weighted by Crippen LogP contribution is -2.30. The molecule has 1 aromatic rings. The van der Waals surface area contributed by atoms with Gasteiger partial charge in [0.2, 0.25) is 0 Å². The van der Waals surface area contributed by atoms with Crippen LogP contribution in [-0.2, 0) is 6.18 Å². The highest BCUT2D eigenvalue weighted by Crippen LogP contribution is 2.28. The molecule has 1 N–H and O–H groups in total. The van der Waals surface area contributed by atoms with E-state index in [1.165, 1.54) is 12.3 Å². The zero-order valence-corrected chi connectivity index (χ0v) is 9.88. The van der Waals surface area contributed by atoms with Crippen LogP contribution in [0.1, 0.15) is 12.6 Å². The fourth-order valence-corrected chi connectivity index (χ4v) is 1.46. The zero-order chi connectivity index (χ0) is 12.9. The maximum Gasteiger partial charge on any atom is 0.433 e. The van der Waals surface area contributed by atoms with Gasteiger partial charge in [0.1, 0.15) is 5.69 Å². The molecule has 1 aromatic heterocycles. The number of pyridine rings is 1. The maximum absolute atomic E-state index is 12.3. The summed E-state index contributed by atoms with van der Waals surface area (Å²) in [4.78, 5) is 5.40. The Morgan fingerprint density at radius 2 is 2.06 bits per heavy atom. The quantitative estimate of drug-likeness (QED) is 0.864. The molecule has 1 rings (SSSR count). The summed E-state index contributed by atoms with van der Waals surface area (Å²) in [6, 6.07) is 2.46. The summed E-state index contributed by atoms with van der Waals surface area (Å²) >= 11 is 0. The van der Waals surface area contributed by atoms with Crippen molar-refractivity contribution in [3.63, 3.8) is 0 Å².